The minimum absolute atomic E-state index is 0.225. The Balaban J connectivity index is 1.67. The van der Waals surface area contributed by atoms with Crippen LogP contribution in [0.15, 0.2) is 59.1 Å². The third-order valence-corrected chi connectivity index (χ3v) is 3.60. The summed E-state index contributed by atoms with van der Waals surface area (Å²) in [5, 5.41) is 15.6. The fraction of sp³-hybridized carbons (Fsp3) is 0.105. The van der Waals surface area contributed by atoms with Crippen LogP contribution in [0.25, 0.3) is 11.3 Å². The van der Waals surface area contributed by atoms with Crippen molar-refractivity contribution in [1.82, 2.24) is 10.5 Å². The van der Waals surface area contributed by atoms with E-state index in [0.29, 0.717) is 22.6 Å². The van der Waals surface area contributed by atoms with Crippen molar-refractivity contribution in [2.24, 2.45) is 0 Å². The van der Waals surface area contributed by atoms with Gasteiger partial charge >= 0.3 is 0 Å². The minimum atomic E-state index is -0.275. The lowest BCUT2D eigenvalue weighted by molar-refractivity contribution is 0.0950. The van der Waals surface area contributed by atoms with Crippen LogP contribution in [0.2, 0.25) is 0 Å². The lowest BCUT2D eigenvalue weighted by Crippen LogP contribution is -2.22. The second-order valence-electron chi connectivity index (χ2n) is 5.29. The number of aromatic nitrogens is 1. The van der Waals surface area contributed by atoms with Crippen molar-refractivity contribution < 1.29 is 14.1 Å². The summed E-state index contributed by atoms with van der Waals surface area (Å²) in [5.74, 6) is 1.04. The van der Waals surface area contributed by atoms with Crippen molar-refractivity contribution in [3.8, 4) is 23.1 Å². The maximum Gasteiger partial charge on any atom is 0.251 e. The molecule has 0 bridgehead atoms. The summed E-state index contributed by atoms with van der Waals surface area (Å²) in [6, 6.07) is 17.7. The quantitative estimate of drug-likeness (QED) is 0.775. The Bertz CT molecular complexity index is 941. The van der Waals surface area contributed by atoms with E-state index >= 15 is 0 Å². The van der Waals surface area contributed by atoms with Gasteiger partial charge in [-0.05, 0) is 30.3 Å². The molecule has 25 heavy (non-hydrogen) atoms. The Morgan fingerprint density at radius 3 is 2.88 bits per heavy atom. The van der Waals surface area contributed by atoms with Gasteiger partial charge in [0.2, 0.25) is 0 Å². The molecule has 0 aliphatic rings. The normalized spacial score (nSPS) is 10.1. The van der Waals surface area contributed by atoms with E-state index in [-0.39, 0.29) is 12.5 Å². The van der Waals surface area contributed by atoms with Crippen LogP contribution in [0.5, 0.6) is 5.75 Å². The number of amides is 1. The SMILES string of the molecule is COc1cccc(-c2cc(CNC(=O)c3cccc(C#N)c3)no2)c1. The van der Waals surface area contributed by atoms with Crippen molar-refractivity contribution in [2.45, 2.75) is 6.54 Å². The standard InChI is InChI=1S/C19H15N3O3/c1-24-17-7-3-5-14(9-17)18-10-16(22-25-18)12-21-19(23)15-6-2-4-13(8-15)11-20/h2-10H,12H2,1H3,(H,21,23). The molecule has 6 heteroatoms. The Morgan fingerprint density at radius 2 is 2.08 bits per heavy atom. The number of carbonyl (C=O) groups excluding carboxylic acids is 1. The van der Waals surface area contributed by atoms with Crippen molar-refractivity contribution in [2.75, 3.05) is 7.11 Å². The smallest absolute Gasteiger partial charge is 0.251 e. The van der Waals surface area contributed by atoms with Gasteiger partial charge in [-0.25, -0.2) is 0 Å². The van der Waals surface area contributed by atoms with Crippen molar-refractivity contribution in [3.05, 3.63) is 71.4 Å². The van der Waals surface area contributed by atoms with E-state index in [0.717, 1.165) is 11.3 Å². The molecule has 0 radical (unpaired) electrons. The molecule has 0 fully saturated rings. The molecule has 0 saturated carbocycles. The average molecular weight is 333 g/mol. The van der Waals surface area contributed by atoms with E-state index in [1.165, 1.54) is 0 Å². The van der Waals surface area contributed by atoms with E-state index < -0.39 is 0 Å². The number of carbonyl (C=O) groups is 1. The van der Waals surface area contributed by atoms with E-state index in [1.54, 1.807) is 37.4 Å². The Hall–Kier alpha value is -3.59. The van der Waals surface area contributed by atoms with Gasteiger partial charge in [0.1, 0.15) is 11.4 Å². The van der Waals surface area contributed by atoms with E-state index in [1.807, 2.05) is 30.3 Å². The first-order chi connectivity index (χ1) is 12.2. The van der Waals surface area contributed by atoms with Gasteiger partial charge in [-0.15, -0.1) is 0 Å². The topological polar surface area (TPSA) is 88.1 Å². The molecular weight excluding hydrogens is 318 g/mol. The summed E-state index contributed by atoms with van der Waals surface area (Å²) in [5.41, 5.74) is 2.30. The predicted molar refractivity (Wildman–Crippen MR) is 90.8 cm³/mol. The predicted octanol–water partition coefficient (Wildman–Crippen LogP) is 3.15. The number of nitriles is 1. The third kappa shape index (κ3) is 3.85. The van der Waals surface area contributed by atoms with Gasteiger partial charge in [0.05, 0.1) is 25.3 Å². The molecule has 3 aromatic rings. The first-order valence-corrected chi connectivity index (χ1v) is 7.58. The monoisotopic (exact) mass is 333 g/mol. The third-order valence-electron chi connectivity index (χ3n) is 3.60. The van der Waals surface area contributed by atoms with Gasteiger partial charge in [-0.3, -0.25) is 4.79 Å². The van der Waals surface area contributed by atoms with Crippen molar-refractivity contribution in [1.29, 1.82) is 5.26 Å². The number of methoxy groups -OCH3 is 1. The van der Waals surface area contributed by atoms with E-state index in [4.69, 9.17) is 14.5 Å². The van der Waals surface area contributed by atoms with Crippen LogP contribution in [0, 0.1) is 11.3 Å². The highest BCUT2D eigenvalue weighted by molar-refractivity contribution is 5.94. The second-order valence-corrected chi connectivity index (χ2v) is 5.29. The summed E-state index contributed by atoms with van der Waals surface area (Å²) >= 11 is 0. The first-order valence-electron chi connectivity index (χ1n) is 7.58. The summed E-state index contributed by atoms with van der Waals surface area (Å²) in [7, 11) is 1.60. The number of nitrogens with one attached hydrogen (secondary N) is 1. The molecule has 0 atom stereocenters. The molecule has 1 amide bonds. The van der Waals surface area contributed by atoms with E-state index in [2.05, 4.69) is 10.5 Å². The summed E-state index contributed by atoms with van der Waals surface area (Å²) in [6.45, 7) is 0.225. The average Bonchev–Trinajstić information content (AvgIpc) is 3.15. The van der Waals surface area contributed by atoms with Gasteiger partial charge in [-0.1, -0.05) is 23.4 Å². The lowest BCUT2D eigenvalue weighted by atomic mass is 10.1. The Kier molecular flexibility index (Phi) is 4.77. The molecule has 6 nitrogen and oxygen atoms in total. The molecule has 0 spiro atoms. The Morgan fingerprint density at radius 1 is 1.24 bits per heavy atom. The van der Waals surface area contributed by atoms with Crippen LogP contribution in [0.3, 0.4) is 0 Å². The molecule has 0 aliphatic heterocycles. The number of hydrogen-bond acceptors (Lipinski definition) is 5. The molecule has 0 unspecified atom stereocenters. The molecule has 0 saturated heterocycles. The molecule has 3 rings (SSSR count). The van der Waals surface area contributed by atoms with Crippen molar-refractivity contribution in [3.63, 3.8) is 0 Å². The van der Waals surface area contributed by atoms with E-state index in [9.17, 15) is 4.79 Å². The van der Waals surface area contributed by atoms with Crippen LogP contribution in [0.4, 0.5) is 0 Å². The molecule has 2 aromatic carbocycles. The van der Waals surface area contributed by atoms with Crippen LogP contribution in [-0.2, 0) is 6.54 Å². The number of benzene rings is 2. The minimum Gasteiger partial charge on any atom is -0.497 e. The number of nitrogens with zero attached hydrogens (tertiary/aromatic N) is 2. The lowest BCUT2D eigenvalue weighted by Gasteiger charge is -2.03. The highest BCUT2D eigenvalue weighted by Crippen LogP contribution is 2.24. The summed E-state index contributed by atoms with van der Waals surface area (Å²) in [4.78, 5) is 12.2. The maximum absolute atomic E-state index is 12.2. The van der Waals surface area contributed by atoms with Gasteiger partial charge in [0.15, 0.2) is 5.76 Å². The molecule has 124 valence electrons. The van der Waals surface area contributed by atoms with Crippen LogP contribution in [-0.4, -0.2) is 18.2 Å². The second kappa shape index (κ2) is 7.32. The highest BCUT2D eigenvalue weighted by Gasteiger charge is 2.10. The van der Waals surface area contributed by atoms with Gasteiger partial charge in [0, 0.05) is 17.2 Å². The summed E-state index contributed by atoms with van der Waals surface area (Å²) < 4.78 is 10.5. The summed E-state index contributed by atoms with van der Waals surface area (Å²) in [6.07, 6.45) is 0. The van der Waals surface area contributed by atoms with Gasteiger partial charge < -0.3 is 14.6 Å². The fourth-order valence-corrected chi connectivity index (χ4v) is 2.31. The van der Waals surface area contributed by atoms with Crippen LogP contribution >= 0.6 is 0 Å². The van der Waals surface area contributed by atoms with Crippen LogP contribution in [0.1, 0.15) is 21.6 Å². The maximum atomic E-state index is 12.2. The fourth-order valence-electron chi connectivity index (χ4n) is 2.31. The zero-order valence-corrected chi connectivity index (χ0v) is 13.5. The zero-order valence-electron chi connectivity index (χ0n) is 13.5. The molecule has 0 aliphatic carbocycles. The highest BCUT2D eigenvalue weighted by atomic mass is 16.5. The van der Waals surface area contributed by atoms with Crippen LogP contribution < -0.4 is 10.1 Å². The molecule has 1 heterocycles. The van der Waals surface area contributed by atoms with Gasteiger partial charge in [-0.2, -0.15) is 5.26 Å². The Labute approximate surface area is 144 Å². The molecule has 1 N–H and O–H groups in total. The number of hydrogen-bond donors (Lipinski definition) is 1. The van der Waals surface area contributed by atoms with Crippen molar-refractivity contribution >= 4 is 5.91 Å². The molecule has 1 aromatic heterocycles. The molecular formula is C19H15N3O3. The number of ether oxygens (including phenoxy) is 1. The van der Waals surface area contributed by atoms with Gasteiger partial charge in [0.25, 0.3) is 5.91 Å². The zero-order chi connectivity index (χ0) is 17.6. The number of rotatable bonds is 5. The largest absolute Gasteiger partial charge is 0.497 e. The first kappa shape index (κ1) is 16.3.